The lowest BCUT2D eigenvalue weighted by molar-refractivity contribution is -0.144. The van der Waals surface area contributed by atoms with Gasteiger partial charge in [0.1, 0.15) is 6.04 Å². The molecule has 0 saturated carbocycles. The van der Waals surface area contributed by atoms with E-state index in [-0.39, 0.29) is 12.5 Å². The molecule has 6 nitrogen and oxygen atoms in total. The number of allylic oxidation sites excluding steroid dienone is 1. The molecule has 0 saturated heterocycles. The molecule has 1 atom stereocenters. The van der Waals surface area contributed by atoms with Crippen LogP contribution in [-0.4, -0.2) is 38.5 Å². The van der Waals surface area contributed by atoms with Crippen molar-refractivity contribution < 1.29 is 22.1 Å². The average molecular weight is 368 g/mol. The fraction of sp³-hybridized carbons (Fsp3) is 0.800. The normalized spacial score (nSPS) is 18.0. The van der Waals surface area contributed by atoms with Gasteiger partial charge in [-0.3, -0.25) is 4.18 Å². The lowest BCUT2D eigenvalue weighted by Gasteiger charge is -2.27. The van der Waals surface area contributed by atoms with E-state index in [0.29, 0.717) is 12.0 Å². The number of esters is 1. The summed E-state index contributed by atoms with van der Waals surface area (Å²) in [5.74, 6) is -0.360. The molecule has 0 spiro atoms. The van der Waals surface area contributed by atoms with E-state index >= 15 is 0 Å². The van der Waals surface area contributed by atoms with E-state index in [1.165, 1.54) is 0 Å². The van der Waals surface area contributed by atoms with Crippen molar-refractivity contribution in [3.63, 3.8) is 0 Å². The lowest BCUT2D eigenvalue weighted by Crippen LogP contribution is -2.46. The predicted octanol–water partition coefficient (Wildman–Crippen LogP) is 2.68. The van der Waals surface area contributed by atoms with Gasteiger partial charge in [0, 0.05) is 5.88 Å². The molecule has 0 amide bonds. The highest BCUT2D eigenvalue weighted by atomic mass is 35.5. The van der Waals surface area contributed by atoms with Crippen LogP contribution in [0.15, 0.2) is 11.1 Å². The van der Waals surface area contributed by atoms with Gasteiger partial charge in [-0.2, -0.15) is 13.1 Å². The Labute approximate surface area is 143 Å². The van der Waals surface area contributed by atoms with Crippen molar-refractivity contribution in [2.75, 3.05) is 12.5 Å². The van der Waals surface area contributed by atoms with E-state index in [0.717, 1.165) is 24.8 Å². The van der Waals surface area contributed by atoms with Crippen LogP contribution in [0.5, 0.6) is 0 Å². The second kappa shape index (κ2) is 8.46. The molecule has 0 aromatic carbocycles. The Balaban J connectivity index is 3.11. The Hall–Kier alpha value is -0.630. The van der Waals surface area contributed by atoms with Crippen LogP contribution in [-0.2, 0) is 24.0 Å². The van der Waals surface area contributed by atoms with Gasteiger partial charge in [-0.05, 0) is 59.0 Å². The van der Waals surface area contributed by atoms with Crippen molar-refractivity contribution in [1.29, 1.82) is 0 Å². The third-order valence-corrected chi connectivity index (χ3v) is 4.85. The summed E-state index contributed by atoms with van der Waals surface area (Å²) in [4.78, 5) is 12.3. The number of alkyl halides is 1. The van der Waals surface area contributed by atoms with E-state index in [1.807, 2.05) is 0 Å². The third kappa shape index (κ3) is 6.79. The number of halogens is 1. The summed E-state index contributed by atoms with van der Waals surface area (Å²) in [6, 6.07) is -1.09. The Morgan fingerprint density at radius 2 is 1.91 bits per heavy atom. The highest BCUT2D eigenvalue weighted by Crippen LogP contribution is 2.29. The van der Waals surface area contributed by atoms with Gasteiger partial charge in [0.15, 0.2) is 0 Å². The Kier molecular flexibility index (Phi) is 7.51. The first kappa shape index (κ1) is 20.4. The first-order chi connectivity index (χ1) is 10.6. The van der Waals surface area contributed by atoms with Crippen LogP contribution in [0.1, 0.15) is 53.4 Å². The molecule has 8 heteroatoms. The predicted molar refractivity (Wildman–Crippen MR) is 89.5 cm³/mol. The first-order valence-electron chi connectivity index (χ1n) is 7.76. The van der Waals surface area contributed by atoms with Crippen LogP contribution in [0.3, 0.4) is 0 Å². The molecular formula is C15H26ClNO5S. The van der Waals surface area contributed by atoms with Crippen molar-refractivity contribution in [3.8, 4) is 0 Å². The number of carbonyl (C=O) groups is 1. The molecule has 1 aliphatic rings. The second-order valence-corrected chi connectivity index (χ2v) is 8.00. The summed E-state index contributed by atoms with van der Waals surface area (Å²) in [5, 5.41) is 0. The standard InChI is InChI=1S/C15H26ClNO5S/c1-5-21-14(18)13(12-9-7-6-8-11(12)10-16)17-23(19,20)22-15(2,3)4/h13,17H,5-10H2,1-4H3/t13-/m1/s1. The number of rotatable bonds is 7. The van der Waals surface area contributed by atoms with Gasteiger partial charge in [0.2, 0.25) is 0 Å². The van der Waals surface area contributed by atoms with Crippen molar-refractivity contribution in [2.24, 2.45) is 0 Å². The van der Waals surface area contributed by atoms with Crippen LogP contribution in [0.25, 0.3) is 0 Å². The van der Waals surface area contributed by atoms with Crippen molar-refractivity contribution in [3.05, 3.63) is 11.1 Å². The minimum atomic E-state index is -4.11. The molecule has 0 radical (unpaired) electrons. The van der Waals surface area contributed by atoms with Crippen LogP contribution < -0.4 is 4.72 Å². The van der Waals surface area contributed by atoms with Gasteiger partial charge < -0.3 is 4.74 Å². The van der Waals surface area contributed by atoms with Gasteiger partial charge >= 0.3 is 16.3 Å². The molecule has 0 aromatic rings. The Bertz CT molecular complexity index is 551. The molecule has 0 fully saturated rings. The third-order valence-electron chi connectivity index (χ3n) is 3.28. The maximum Gasteiger partial charge on any atom is 0.337 e. The molecule has 0 unspecified atom stereocenters. The van der Waals surface area contributed by atoms with Crippen molar-refractivity contribution in [1.82, 2.24) is 4.72 Å². The number of hydrogen-bond acceptors (Lipinski definition) is 5. The van der Waals surface area contributed by atoms with Crippen LogP contribution in [0.4, 0.5) is 0 Å². The summed E-state index contributed by atoms with van der Waals surface area (Å²) in [5.41, 5.74) is 0.696. The van der Waals surface area contributed by atoms with Crippen molar-refractivity contribution in [2.45, 2.75) is 65.0 Å². The quantitative estimate of drug-likeness (QED) is 0.425. The highest BCUT2D eigenvalue weighted by Gasteiger charge is 2.34. The molecule has 0 bridgehead atoms. The fourth-order valence-corrected chi connectivity index (χ4v) is 4.02. The summed E-state index contributed by atoms with van der Waals surface area (Å²) in [6.07, 6.45) is 3.24. The molecule has 0 aromatic heterocycles. The largest absolute Gasteiger partial charge is 0.465 e. The zero-order chi connectivity index (χ0) is 17.7. The van der Waals surface area contributed by atoms with E-state index in [1.54, 1.807) is 27.7 Å². The maximum absolute atomic E-state index is 12.3. The van der Waals surface area contributed by atoms with Gasteiger partial charge in [-0.15, -0.1) is 11.6 Å². The molecular weight excluding hydrogens is 342 g/mol. The van der Waals surface area contributed by atoms with Gasteiger partial charge in [0.05, 0.1) is 12.2 Å². The highest BCUT2D eigenvalue weighted by molar-refractivity contribution is 7.84. The lowest BCUT2D eigenvalue weighted by atomic mass is 9.88. The second-order valence-electron chi connectivity index (χ2n) is 6.42. The molecule has 0 heterocycles. The molecule has 134 valence electrons. The molecule has 0 aliphatic heterocycles. The topological polar surface area (TPSA) is 81.7 Å². The maximum atomic E-state index is 12.3. The zero-order valence-corrected chi connectivity index (χ0v) is 15.7. The molecule has 1 rings (SSSR count). The summed E-state index contributed by atoms with van der Waals surface area (Å²) in [6.45, 7) is 6.70. The van der Waals surface area contributed by atoms with E-state index in [9.17, 15) is 13.2 Å². The van der Waals surface area contributed by atoms with E-state index < -0.39 is 27.9 Å². The first-order valence-corrected chi connectivity index (χ1v) is 9.70. The summed E-state index contributed by atoms with van der Waals surface area (Å²) >= 11 is 5.96. The van der Waals surface area contributed by atoms with Crippen LogP contribution in [0.2, 0.25) is 0 Å². The van der Waals surface area contributed by atoms with Crippen molar-refractivity contribution >= 4 is 27.9 Å². The number of hydrogen-bond donors (Lipinski definition) is 1. The molecule has 23 heavy (non-hydrogen) atoms. The summed E-state index contributed by atoms with van der Waals surface area (Å²) in [7, 11) is -4.11. The number of nitrogens with one attached hydrogen (secondary N) is 1. The van der Waals surface area contributed by atoms with Gasteiger partial charge in [0.25, 0.3) is 0 Å². The molecule has 1 aliphatic carbocycles. The number of ether oxygens (including phenoxy) is 1. The minimum Gasteiger partial charge on any atom is -0.465 e. The van der Waals surface area contributed by atoms with E-state index in [4.69, 9.17) is 20.5 Å². The SMILES string of the molecule is CCOC(=O)[C@H](NS(=O)(=O)OC(C)(C)C)C1=C(CCl)CCCC1. The smallest absolute Gasteiger partial charge is 0.337 e. The van der Waals surface area contributed by atoms with Gasteiger partial charge in [-0.25, -0.2) is 4.79 Å². The monoisotopic (exact) mass is 367 g/mol. The Morgan fingerprint density at radius 3 is 2.43 bits per heavy atom. The van der Waals surface area contributed by atoms with Crippen LogP contribution in [0, 0.1) is 0 Å². The Morgan fingerprint density at radius 1 is 1.30 bits per heavy atom. The number of carbonyl (C=O) groups excluding carboxylic acids is 1. The minimum absolute atomic E-state index is 0.167. The van der Waals surface area contributed by atoms with Gasteiger partial charge in [-0.1, -0.05) is 5.57 Å². The average Bonchev–Trinajstić information content (AvgIpc) is 2.42. The summed E-state index contributed by atoms with van der Waals surface area (Å²) < 4.78 is 36.8. The van der Waals surface area contributed by atoms with Crippen LogP contribution >= 0.6 is 11.6 Å². The van der Waals surface area contributed by atoms with E-state index in [2.05, 4.69) is 4.72 Å². The zero-order valence-electron chi connectivity index (χ0n) is 14.1. The molecule has 1 N–H and O–H groups in total. The fourth-order valence-electron chi connectivity index (χ4n) is 2.48.